The summed E-state index contributed by atoms with van der Waals surface area (Å²) in [4.78, 5) is 2.70. The van der Waals surface area contributed by atoms with Gasteiger partial charge in [0.15, 0.2) is 0 Å². The van der Waals surface area contributed by atoms with Gasteiger partial charge in [0.05, 0.1) is 0 Å². The fraction of sp³-hybridized carbons (Fsp3) is 1.00. The Morgan fingerprint density at radius 3 is 2.07 bits per heavy atom. The zero-order chi connectivity index (χ0) is 10.8. The number of nitrogens with zero attached hydrogens (tertiary/aromatic N) is 1. The summed E-state index contributed by atoms with van der Waals surface area (Å²) in [7, 11) is 0. The van der Waals surface area contributed by atoms with E-state index in [1.165, 1.54) is 38.9 Å². The molecule has 1 saturated carbocycles. The zero-order valence-corrected chi connectivity index (χ0v) is 10.5. The highest BCUT2D eigenvalue weighted by Crippen LogP contribution is 2.38. The third-order valence-electron chi connectivity index (χ3n) is 4.09. The van der Waals surface area contributed by atoms with Crippen LogP contribution in [0.5, 0.6) is 0 Å². The van der Waals surface area contributed by atoms with E-state index in [-0.39, 0.29) is 0 Å². The van der Waals surface area contributed by atoms with Crippen LogP contribution in [0.25, 0.3) is 0 Å². The molecule has 2 fully saturated rings. The smallest absolute Gasteiger partial charge is 0.00533 e. The first-order valence-corrected chi connectivity index (χ1v) is 6.63. The molecule has 0 amide bonds. The normalized spacial score (nSPS) is 43.4. The molecule has 0 aromatic carbocycles. The minimum Gasteiger partial charge on any atom is -0.312 e. The Bertz CT molecular complexity index is 193. The van der Waals surface area contributed by atoms with Gasteiger partial charge in [-0.2, -0.15) is 0 Å². The highest BCUT2D eigenvalue weighted by Gasteiger charge is 2.34. The lowest BCUT2D eigenvalue weighted by atomic mass is 10.1. The first kappa shape index (κ1) is 11.4. The van der Waals surface area contributed by atoms with Gasteiger partial charge < -0.3 is 10.2 Å². The van der Waals surface area contributed by atoms with E-state index in [4.69, 9.17) is 0 Å². The van der Waals surface area contributed by atoms with E-state index in [1.807, 2.05) is 0 Å². The largest absolute Gasteiger partial charge is 0.312 e. The molecule has 0 spiro atoms. The molecule has 0 aromatic heterocycles. The highest BCUT2D eigenvalue weighted by molar-refractivity contribution is 4.86. The molecule has 0 radical (unpaired) electrons. The number of hydrogen-bond donors (Lipinski definition) is 1. The predicted octanol–water partition coefficient (Wildman–Crippen LogP) is 2.10. The van der Waals surface area contributed by atoms with Crippen LogP contribution in [0, 0.1) is 11.8 Å². The molecule has 0 aromatic rings. The molecule has 0 bridgehead atoms. The van der Waals surface area contributed by atoms with Gasteiger partial charge in [0.1, 0.15) is 0 Å². The van der Waals surface area contributed by atoms with E-state index >= 15 is 0 Å². The van der Waals surface area contributed by atoms with Crippen LogP contribution < -0.4 is 5.32 Å². The molecule has 88 valence electrons. The van der Waals surface area contributed by atoms with Crippen molar-refractivity contribution in [1.82, 2.24) is 10.2 Å². The van der Waals surface area contributed by atoms with Crippen LogP contribution >= 0.6 is 0 Å². The van der Waals surface area contributed by atoms with Crippen molar-refractivity contribution >= 4 is 0 Å². The Hall–Kier alpha value is -0.0800. The summed E-state index contributed by atoms with van der Waals surface area (Å²) < 4.78 is 0. The van der Waals surface area contributed by atoms with Crippen molar-refractivity contribution in [2.75, 3.05) is 19.6 Å². The fourth-order valence-electron chi connectivity index (χ4n) is 2.68. The van der Waals surface area contributed by atoms with Crippen molar-refractivity contribution in [3.8, 4) is 0 Å². The molecule has 1 N–H and O–H groups in total. The van der Waals surface area contributed by atoms with Crippen LogP contribution in [0.4, 0.5) is 0 Å². The molecule has 1 aliphatic carbocycles. The lowest BCUT2D eigenvalue weighted by Crippen LogP contribution is -2.43. The van der Waals surface area contributed by atoms with Crippen molar-refractivity contribution in [2.45, 2.75) is 52.1 Å². The lowest BCUT2D eigenvalue weighted by Gasteiger charge is -2.31. The third-order valence-corrected chi connectivity index (χ3v) is 4.09. The monoisotopic (exact) mass is 210 g/mol. The molecule has 4 atom stereocenters. The SMILES string of the molecule is CC1CCN(CC2CC2C)CCC(C)N1. The summed E-state index contributed by atoms with van der Waals surface area (Å²) in [6, 6.07) is 1.39. The van der Waals surface area contributed by atoms with Crippen molar-refractivity contribution in [3.63, 3.8) is 0 Å². The van der Waals surface area contributed by atoms with Crippen LogP contribution in [0.15, 0.2) is 0 Å². The summed E-state index contributed by atoms with van der Waals surface area (Å²) in [6.07, 6.45) is 4.09. The van der Waals surface area contributed by atoms with Crippen molar-refractivity contribution in [3.05, 3.63) is 0 Å². The average molecular weight is 210 g/mol. The van der Waals surface area contributed by atoms with Crippen LogP contribution in [0.2, 0.25) is 0 Å². The number of nitrogens with one attached hydrogen (secondary N) is 1. The second-order valence-corrected chi connectivity index (χ2v) is 5.82. The Kier molecular flexibility index (Phi) is 3.68. The summed E-state index contributed by atoms with van der Waals surface area (Å²) in [5.41, 5.74) is 0. The summed E-state index contributed by atoms with van der Waals surface area (Å²) in [5.74, 6) is 2.02. The van der Waals surface area contributed by atoms with Gasteiger partial charge in [-0.25, -0.2) is 0 Å². The highest BCUT2D eigenvalue weighted by atomic mass is 15.1. The maximum Gasteiger partial charge on any atom is 0.00533 e. The molecule has 15 heavy (non-hydrogen) atoms. The Balaban J connectivity index is 1.78. The Morgan fingerprint density at radius 2 is 1.60 bits per heavy atom. The molecule has 2 heteroatoms. The van der Waals surface area contributed by atoms with Gasteiger partial charge >= 0.3 is 0 Å². The van der Waals surface area contributed by atoms with Gasteiger partial charge in [0, 0.05) is 18.6 Å². The van der Waals surface area contributed by atoms with Gasteiger partial charge in [-0.05, 0) is 58.0 Å². The third kappa shape index (κ3) is 3.46. The predicted molar refractivity (Wildman–Crippen MR) is 65.0 cm³/mol. The van der Waals surface area contributed by atoms with Crippen LogP contribution in [0.3, 0.4) is 0 Å². The standard InChI is InChI=1S/C13H26N2/c1-10-8-13(10)9-15-6-4-11(2)14-12(3)5-7-15/h10-14H,4-9H2,1-3H3. The first-order chi connectivity index (χ1) is 7.15. The fourth-order valence-corrected chi connectivity index (χ4v) is 2.68. The maximum absolute atomic E-state index is 3.65. The number of hydrogen-bond acceptors (Lipinski definition) is 2. The van der Waals surface area contributed by atoms with Gasteiger partial charge in [-0.1, -0.05) is 6.92 Å². The van der Waals surface area contributed by atoms with E-state index < -0.39 is 0 Å². The maximum atomic E-state index is 3.65. The van der Waals surface area contributed by atoms with E-state index in [9.17, 15) is 0 Å². The van der Waals surface area contributed by atoms with E-state index in [0.717, 1.165) is 11.8 Å². The van der Waals surface area contributed by atoms with Gasteiger partial charge in [-0.3, -0.25) is 0 Å². The molecule has 2 rings (SSSR count). The minimum absolute atomic E-state index is 0.694. The van der Waals surface area contributed by atoms with E-state index in [1.54, 1.807) is 0 Å². The second kappa shape index (κ2) is 4.84. The van der Waals surface area contributed by atoms with Crippen LogP contribution in [-0.4, -0.2) is 36.6 Å². The molecule has 1 aliphatic heterocycles. The molecule has 4 unspecified atom stereocenters. The van der Waals surface area contributed by atoms with E-state index in [0.29, 0.717) is 12.1 Å². The quantitative estimate of drug-likeness (QED) is 0.751. The Labute approximate surface area is 94.4 Å². The summed E-state index contributed by atoms with van der Waals surface area (Å²) >= 11 is 0. The second-order valence-electron chi connectivity index (χ2n) is 5.82. The molecule has 1 heterocycles. The summed E-state index contributed by atoms with van der Waals surface area (Å²) in [5, 5.41) is 3.65. The molecular formula is C13H26N2. The van der Waals surface area contributed by atoms with Crippen molar-refractivity contribution in [1.29, 1.82) is 0 Å². The van der Waals surface area contributed by atoms with E-state index in [2.05, 4.69) is 31.0 Å². The van der Waals surface area contributed by atoms with Crippen molar-refractivity contribution in [2.24, 2.45) is 11.8 Å². The van der Waals surface area contributed by atoms with Gasteiger partial charge in [0.2, 0.25) is 0 Å². The van der Waals surface area contributed by atoms with Crippen LogP contribution in [-0.2, 0) is 0 Å². The van der Waals surface area contributed by atoms with Gasteiger partial charge in [0.25, 0.3) is 0 Å². The molecule has 2 nitrogen and oxygen atoms in total. The molecule has 2 aliphatic rings. The molecule has 1 saturated heterocycles. The minimum atomic E-state index is 0.694. The molecular weight excluding hydrogens is 184 g/mol. The van der Waals surface area contributed by atoms with Crippen molar-refractivity contribution < 1.29 is 0 Å². The average Bonchev–Trinajstić information content (AvgIpc) is 2.84. The topological polar surface area (TPSA) is 15.3 Å². The lowest BCUT2D eigenvalue weighted by molar-refractivity contribution is 0.209. The Morgan fingerprint density at radius 1 is 1.07 bits per heavy atom. The number of rotatable bonds is 2. The summed E-state index contributed by atoms with van der Waals surface area (Å²) in [6.45, 7) is 11.0. The first-order valence-electron chi connectivity index (χ1n) is 6.63. The van der Waals surface area contributed by atoms with Crippen LogP contribution in [0.1, 0.15) is 40.0 Å². The van der Waals surface area contributed by atoms with Gasteiger partial charge in [-0.15, -0.1) is 0 Å². The zero-order valence-electron chi connectivity index (χ0n) is 10.5.